The van der Waals surface area contributed by atoms with Crippen molar-refractivity contribution in [2.45, 2.75) is 61.0 Å². The molecule has 0 amide bonds. The van der Waals surface area contributed by atoms with Crippen molar-refractivity contribution in [3.05, 3.63) is 0 Å². The van der Waals surface area contributed by atoms with Crippen molar-refractivity contribution in [3.8, 4) is 0 Å². The fourth-order valence-electron chi connectivity index (χ4n) is 2.85. The van der Waals surface area contributed by atoms with E-state index in [2.05, 4.69) is 0 Å². The Bertz CT molecular complexity index is 509. The minimum absolute atomic E-state index is 0.735. The van der Waals surface area contributed by atoms with Crippen molar-refractivity contribution in [1.82, 2.24) is 0 Å². The molecule has 0 aromatic carbocycles. The van der Waals surface area contributed by atoms with E-state index in [9.17, 15) is 35.2 Å². The van der Waals surface area contributed by atoms with Crippen molar-refractivity contribution in [1.29, 1.82) is 0 Å². The van der Waals surface area contributed by atoms with Gasteiger partial charge in [-0.1, -0.05) is 0 Å². The van der Waals surface area contributed by atoms with Gasteiger partial charge in [-0.3, -0.25) is 4.57 Å². The van der Waals surface area contributed by atoms with Crippen LogP contribution in [0.4, 0.5) is 0 Å². The summed E-state index contributed by atoms with van der Waals surface area (Å²) >= 11 is 0. The third-order valence-electron chi connectivity index (χ3n) is 4.31. The maximum atomic E-state index is 11.3. The summed E-state index contributed by atoms with van der Waals surface area (Å²) in [6.07, 6.45) is -15.4. The van der Waals surface area contributed by atoms with Crippen LogP contribution < -0.4 is 0 Å². The maximum absolute atomic E-state index is 11.3. The molecule has 26 heavy (non-hydrogen) atoms. The first-order chi connectivity index (χ1) is 12.0. The summed E-state index contributed by atoms with van der Waals surface area (Å²) < 4.78 is 26.6. The largest absolute Gasteiger partial charge is 0.394 e. The van der Waals surface area contributed by atoms with Gasteiger partial charge in [0.2, 0.25) is 0 Å². The minimum atomic E-state index is -4.98. The number of hydrogen-bond acceptors (Lipinski definition) is 11. The number of hydrogen-bond donors (Lipinski definition) is 9. The van der Waals surface area contributed by atoms with Crippen LogP contribution in [0.25, 0.3) is 0 Å². The van der Waals surface area contributed by atoms with Crippen LogP contribution in [0.1, 0.15) is 0 Å². The van der Waals surface area contributed by atoms with Gasteiger partial charge < -0.3 is 59.7 Å². The lowest BCUT2D eigenvalue weighted by Crippen LogP contribution is -2.64. The normalized spacial score (nSPS) is 47.7. The van der Waals surface area contributed by atoms with Gasteiger partial charge in [-0.25, -0.2) is 0 Å². The number of aliphatic hydroxyl groups is 7. The molecule has 9 N–H and O–H groups in total. The Hall–Kier alpha value is -0.250. The van der Waals surface area contributed by atoms with Crippen LogP contribution in [0.5, 0.6) is 0 Å². The third kappa shape index (κ3) is 4.25. The molecule has 2 heterocycles. The molecular weight excluding hydrogens is 383 g/mol. The first kappa shape index (κ1) is 22.0. The van der Waals surface area contributed by atoms with Gasteiger partial charge in [0.25, 0.3) is 0 Å². The molecule has 0 aliphatic carbocycles. The lowest BCUT2D eigenvalue weighted by molar-refractivity contribution is -0.339. The highest BCUT2D eigenvalue weighted by Gasteiger charge is 2.54. The molecule has 0 aromatic rings. The zero-order chi connectivity index (χ0) is 19.8. The van der Waals surface area contributed by atoms with Crippen molar-refractivity contribution in [3.63, 3.8) is 0 Å². The second-order valence-electron chi connectivity index (χ2n) is 6.12. The fraction of sp³-hybridized carbons (Fsp3) is 1.00. The van der Waals surface area contributed by atoms with E-state index in [0.29, 0.717) is 0 Å². The maximum Gasteiger partial charge on any atom is 0.356 e. The van der Waals surface area contributed by atoms with Gasteiger partial charge in [-0.05, 0) is 0 Å². The summed E-state index contributed by atoms with van der Waals surface area (Å²) in [6, 6.07) is 0. The van der Waals surface area contributed by atoms with Crippen molar-refractivity contribution >= 4 is 7.60 Å². The molecule has 2 fully saturated rings. The van der Waals surface area contributed by atoms with E-state index in [1.807, 2.05) is 0 Å². The Morgan fingerprint density at radius 1 is 0.769 bits per heavy atom. The molecule has 0 radical (unpaired) electrons. The van der Waals surface area contributed by atoms with Crippen LogP contribution in [0.15, 0.2) is 0 Å². The topological polar surface area (TPSA) is 227 Å². The molecule has 2 saturated heterocycles. The molecule has 154 valence electrons. The molecule has 10 atom stereocenters. The van der Waals surface area contributed by atoms with Crippen LogP contribution in [0.2, 0.25) is 0 Å². The molecule has 0 bridgehead atoms. The molecule has 2 aliphatic rings. The Kier molecular flexibility index (Phi) is 7.13. The summed E-state index contributed by atoms with van der Waals surface area (Å²) in [4.78, 5) is 18.3. The highest BCUT2D eigenvalue weighted by molar-refractivity contribution is 7.52. The zero-order valence-electron chi connectivity index (χ0n) is 13.3. The monoisotopic (exact) mass is 406 g/mol. The van der Waals surface area contributed by atoms with Gasteiger partial charge in [0.15, 0.2) is 12.1 Å². The van der Waals surface area contributed by atoms with E-state index in [1.54, 1.807) is 0 Å². The first-order valence-corrected chi connectivity index (χ1v) is 9.34. The van der Waals surface area contributed by atoms with E-state index in [0.717, 1.165) is 0 Å². The summed E-state index contributed by atoms with van der Waals surface area (Å²) in [5.74, 6) is -2.11. The molecule has 13 nitrogen and oxygen atoms in total. The average molecular weight is 406 g/mol. The quantitative estimate of drug-likeness (QED) is 0.195. The van der Waals surface area contributed by atoms with E-state index in [4.69, 9.17) is 29.1 Å². The van der Waals surface area contributed by atoms with Crippen LogP contribution in [-0.4, -0.2) is 120 Å². The molecule has 0 saturated carbocycles. The van der Waals surface area contributed by atoms with Gasteiger partial charge >= 0.3 is 7.60 Å². The van der Waals surface area contributed by atoms with Crippen molar-refractivity contribution < 1.29 is 64.3 Å². The second-order valence-corrected chi connectivity index (χ2v) is 7.80. The predicted octanol–water partition coefficient (Wildman–Crippen LogP) is -5.21. The molecule has 2 aliphatic heterocycles. The van der Waals surface area contributed by atoms with Crippen LogP contribution in [-0.2, 0) is 18.8 Å². The summed E-state index contributed by atoms with van der Waals surface area (Å²) in [5, 5.41) is 67.8. The highest BCUT2D eigenvalue weighted by Crippen LogP contribution is 2.47. The van der Waals surface area contributed by atoms with Crippen LogP contribution in [0.3, 0.4) is 0 Å². The Morgan fingerprint density at radius 2 is 1.35 bits per heavy atom. The van der Waals surface area contributed by atoms with Gasteiger partial charge in [-0.15, -0.1) is 0 Å². The summed E-state index contributed by atoms with van der Waals surface area (Å²) in [7, 11) is -4.98. The standard InChI is InChI=1S/C12H23O13P/c13-1-3-5(15)6(16)8(18)11(23-3)25-10-4(2-14)24-12(26(20,21)22)9(19)7(10)17/h3-19H,1-2H2,(H2,20,21,22)/t3-,4-,5-,6+,7-,8-,9-,10-,11-,12-/m1/s1. The van der Waals surface area contributed by atoms with Gasteiger partial charge in [0.1, 0.15) is 48.8 Å². The Balaban J connectivity index is 2.18. The van der Waals surface area contributed by atoms with Gasteiger partial charge in [0.05, 0.1) is 13.2 Å². The minimum Gasteiger partial charge on any atom is -0.394 e. The third-order valence-corrected chi connectivity index (χ3v) is 5.40. The molecule has 0 spiro atoms. The Labute approximate surface area is 147 Å². The number of aliphatic hydroxyl groups excluding tert-OH is 7. The van der Waals surface area contributed by atoms with E-state index >= 15 is 0 Å². The molecular formula is C12H23O13P. The SMILES string of the molecule is O=P(O)(O)[C@H]1O[C@H](CO)[C@@H](O[C@H]2O[C@H](CO)[C@@H](O)[C@H](O)[C@H]2O)[C@H](O)[C@H]1O. The van der Waals surface area contributed by atoms with E-state index in [1.165, 1.54) is 0 Å². The number of rotatable bonds is 5. The molecule has 2 rings (SSSR count). The molecule has 14 heteroatoms. The van der Waals surface area contributed by atoms with Gasteiger partial charge in [-0.2, -0.15) is 0 Å². The van der Waals surface area contributed by atoms with Crippen molar-refractivity contribution in [2.75, 3.05) is 13.2 Å². The average Bonchev–Trinajstić information content (AvgIpc) is 2.58. The second kappa shape index (κ2) is 8.41. The smallest absolute Gasteiger partial charge is 0.356 e. The predicted molar refractivity (Wildman–Crippen MR) is 78.4 cm³/mol. The van der Waals surface area contributed by atoms with Crippen LogP contribution >= 0.6 is 7.60 Å². The fourth-order valence-corrected chi connectivity index (χ4v) is 3.74. The van der Waals surface area contributed by atoms with E-state index < -0.39 is 81.8 Å². The zero-order valence-corrected chi connectivity index (χ0v) is 14.2. The summed E-state index contributed by atoms with van der Waals surface area (Å²) in [5.41, 5.74) is 0. The first-order valence-electron chi connectivity index (χ1n) is 7.66. The summed E-state index contributed by atoms with van der Waals surface area (Å²) in [6.45, 7) is -1.61. The molecule has 0 aromatic heterocycles. The highest BCUT2D eigenvalue weighted by atomic mass is 31.2. The van der Waals surface area contributed by atoms with Crippen molar-refractivity contribution in [2.24, 2.45) is 0 Å². The number of ether oxygens (including phenoxy) is 3. The van der Waals surface area contributed by atoms with Crippen LogP contribution in [0, 0.1) is 0 Å². The molecule has 0 unspecified atom stereocenters. The lowest BCUT2D eigenvalue weighted by Gasteiger charge is -2.46. The van der Waals surface area contributed by atoms with Gasteiger partial charge in [0, 0.05) is 0 Å². The lowest BCUT2D eigenvalue weighted by atomic mass is 9.97. The van der Waals surface area contributed by atoms with E-state index in [-0.39, 0.29) is 0 Å². The Morgan fingerprint density at radius 3 is 1.85 bits per heavy atom.